The average Bonchev–Trinajstić information content (AvgIpc) is 3.19. The summed E-state index contributed by atoms with van der Waals surface area (Å²) < 4.78 is 0. The fourth-order valence-electron chi connectivity index (χ4n) is 8.11. The van der Waals surface area contributed by atoms with Crippen molar-refractivity contribution in [1.29, 1.82) is 0 Å². The van der Waals surface area contributed by atoms with Crippen LogP contribution in [0.4, 0.5) is 0 Å². The number of carbonyl (C=O) groups excluding carboxylic acids is 1. The van der Waals surface area contributed by atoms with Gasteiger partial charge in [0.2, 0.25) is 5.91 Å². The molecule has 330 valence electrons. The van der Waals surface area contributed by atoms with E-state index in [2.05, 4.69) is 19.2 Å². The van der Waals surface area contributed by atoms with Crippen molar-refractivity contribution in [2.24, 2.45) is 0 Å². The van der Waals surface area contributed by atoms with Crippen LogP contribution in [0.15, 0.2) is 0 Å². The van der Waals surface area contributed by atoms with Crippen molar-refractivity contribution in [2.45, 2.75) is 301 Å². The van der Waals surface area contributed by atoms with E-state index in [4.69, 9.17) is 0 Å². The first-order chi connectivity index (χ1) is 27.0. The minimum atomic E-state index is -1.25. The first-order valence-electron chi connectivity index (χ1n) is 24.9. The fourth-order valence-corrected chi connectivity index (χ4v) is 8.11. The largest absolute Gasteiger partial charge is 0.394 e. The molecule has 55 heavy (non-hydrogen) atoms. The van der Waals surface area contributed by atoms with Crippen LogP contribution in [0, 0.1) is 0 Å². The summed E-state index contributed by atoms with van der Waals surface area (Å²) in [6.45, 7) is 4.06. The second-order valence-corrected chi connectivity index (χ2v) is 17.5. The summed E-state index contributed by atoms with van der Waals surface area (Å²) in [5, 5.41) is 43.7. The van der Waals surface area contributed by atoms with Gasteiger partial charge in [-0.05, 0) is 12.8 Å². The minimum absolute atomic E-state index is 0.376. The molecule has 6 heteroatoms. The summed E-state index contributed by atoms with van der Waals surface area (Å²) >= 11 is 0. The second-order valence-electron chi connectivity index (χ2n) is 17.5. The van der Waals surface area contributed by atoms with Gasteiger partial charge in [-0.25, -0.2) is 0 Å². The predicted octanol–water partition coefficient (Wildman–Crippen LogP) is 13.6. The van der Waals surface area contributed by atoms with E-state index in [0.717, 1.165) is 38.5 Å². The van der Waals surface area contributed by atoms with Crippen molar-refractivity contribution in [3.8, 4) is 0 Å². The van der Waals surface area contributed by atoms with Crippen LogP contribution < -0.4 is 5.32 Å². The van der Waals surface area contributed by atoms with E-state index in [9.17, 15) is 25.2 Å². The van der Waals surface area contributed by atoms with Crippen LogP contribution in [0.2, 0.25) is 0 Å². The van der Waals surface area contributed by atoms with Crippen LogP contribution in [0.3, 0.4) is 0 Å². The molecule has 0 spiro atoms. The van der Waals surface area contributed by atoms with Crippen LogP contribution in [-0.4, -0.2) is 57.3 Å². The van der Waals surface area contributed by atoms with Crippen molar-refractivity contribution in [3.63, 3.8) is 0 Å². The third kappa shape index (κ3) is 38.6. The Morgan fingerprint density at radius 1 is 0.382 bits per heavy atom. The SMILES string of the molecule is CCCCCCCCCCCCCCCCCCCCCCCCCCCCCCC(O)C(=O)NC(CO)C(O)C(O)CCCCCCCCCCCCC. The van der Waals surface area contributed by atoms with Crippen LogP contribution in [0.1, 0.15) is 277 Å². The lowest BCUT2D eigenvalue weighted by molar-refractivity contribution is -0.132. The molecule has 1 amide bonds. The maximum Gasteiger partial charge on any atom is 0.249 e. The molecule has 0 aromatic carbocycles. The summed E-state index contributed by atoms with van der Waals surface area (Å²) in [6.07, 6.45) is 48.8. The van der Waals surface area contributed by atoms with Gasteiger partial charge in [-0.15, -0.1) is 0 Å². The number of aliphatic hydroxyl groups excluding tert-OH is 4. The molecular formula is C49H99NO5. The number of amides is 1. The van der Waals surface area contributed by atoms with Crippen molar-refractivity contribution in [3.05, 3.63) is 0 Å². The van der Waals surface area contributed by atoms with E-state index < -0.39 is 36.9 Å². The molecule has 4 unspecified atom stereocenters. The van der Waals surface area contributed by atoms with Gasteiger partial charge < -0.3 is 25.7 Å². The van der Waals surface area contributed by atoms with Gasteiger partial charge in [0.1, 0.15) is 12.2 Å². The summed E-state index contributed by atoms with van der Waals surface area (Å²) in [5.41, 5.74) is 0. The van der Waals surface area contributed by atoms with E-state index in [1.54, 1.807) is 0 Å². The standard InChI is InChI=1S/C49H99NO5/c1-3-5-7-9-11-13-15-16-17-18-19-20-21-22-23-24-25-26-27-28-29-30-31-33-35-37-39-41-43-47(53)49(55)50-45(44-51)48(54)46(52)42-40-38-36-34-32-14-12-10-8-6-4-2/h45-48,51-54H,3-44H2,1-2H3,(H,50,55). The van der Waals surface area contributed by atoms with E-state index in [1.165, 1.54) is 212 Å². The molecule has 0 saturated carbocycles. The summed E-state index contributed by atoms with van der Waals surface area (Å²) in [6, 6.07) is -0.978. The van der Waals surface area contributed by atoms with Gasteiger partial charge in [-0.2, -0.15) is 0 Å². The minimum Gasteiger partial charge on any atom is -0.394 e. The molecule has 0 aromatic rings. The van der Waals surface area contributed by atoms with Gasteiger partial charge in [-0.3, -0.25) is 4.79 Å². The van der Waals surface area contributed by atoms with E-state index >= 15 is 0 Å². The third-order valence-electron chi connectivity index (χ3n) is 12.1. The van der Waals surface area contributed by atoms with Gasteiger partial charge in [0.25, 0.3) is 0 Å². The Morgan fingerprint density at radius 2 is 0.618 bits per heavy atom. The van der Waals surface area contributed by atoms with Crippen LogP contribution in [0.25, 0.3) is 0 Å². The predicted molar refractivity (Wildman–Crippen MR) is 238 cm³/mol. The first-order valence-corrected chi connectivity index (χ1v) is 24.9. The highest BCUT2D eigenvalue weighted by Gasteiger charge is 2.28. The molecule has 0 aliphatic rings. The molecule has 0 saturated heterocycles. The molecule has 0 heterocycles. The molecule has 5 N–H and O–H groups in total. The molecule has 0 rings (SSSR count). The Morgan fingerprint density at radius 3 is 0.873 bits per heavy atom. The number of nitrogens with one attached hydrogen (secondary N) is 1. The lowest BCUT2D eigenvalue weighted by atomic mass is 9.99. The smallest absolute Gasteiger partial charge is 0.249 e. The maximum absolute atomic E-state index is 12.5. The highest BCUT2D eigenvalue weighted by atomic mass is 16.3. The van der Waals surface area contributed by atoms with Gasteiger partial charge >= 0.3 is 0 Å². The molecule has 0 aliphatic carbocycles. The van der Waals surface area contributed by atoms with E-state index in [-0.39, 0.29) is 0 Å². The molecule has 4 atom stereocenters. The van der Waals surface area contributed by atoms with Gasteiger partial charge in [0.15, 0.2) is 0 Å². The highest BCUT2D eigenvalue weighted by Crippen LogP contribution is 2.18. The Kier molecular flexibility index (Phi) is 43.9. The van der Waals surface area contributed by atoms with Crippen molar-refractivity contribution in [2.75, 3.05) is 6.61 Å². The quantitative estimate of drug-likeness (QED) is 0.0395. The Balaban J connectivity index is 3.54. The average molecular weight is 782 g/mol. The van der Waals surface area contributed by atoms with Crippen molar-refractivity contribution in [1.82, 2.24) is 5.32 Å². The normalized spacial score (nSPS) is 13.9. The molecule has 6 nitrogen and oxygen atoms in total. The number of hydrogen-bond acceptors (Lipinski definition) is 5. The Bertz CT molecular complexity index is 751. The van der Waals surface area contributed by atoms with Crippen molar-refractivity contribution >= 4 is 5.91 Å². The lowest BCUT2D eigenvalue weighted by Gasteiger charge is -2.27. The molecule has 0 bridgehead atoms. The molecule has 0 aliphatic heterocycles. The Hall–Kier alpha value is -0.690. The first kappa shape index (κ1) is 54.3. The van der Waals surface area contributed by atoms with E-state index in [1.807, 2.05) is 0 Å². The van der Waals surface area contributed by atoms with Crippen molar-refractivity contribution < 1.29 is 25.2 Å². The maximum atomic E-state index is 12.5. The summed E-state index contributed by atoms with van der Waals surface area (Å²) in [5.74, 6) is -0.579. The van der Waals surface area contributed by atoms with Crippen LogP contribution in [-0.2, 0) is 4.79 Å². The number of carbonyl (C=O) groups is 1. The summed E-state index contributed by atoms with van der Waals surface area (Å²) in [4.78, 5) is 12.5. The second kappa shape index (κ2) is 44.4. The lowest BCUT2D eigenvalue weighted by Crippen LogP contribution is -2.53. The van der Waals surface area contributed by atoms with Gasteiger partial charge in [0, 0.05) is 0 Å². The van der Waals surface area contributed by atoms with E-state index in [0.29, 0.717) is 12.8 Å². The molecule has 0 fully saturated rings. The number of hydrogen-bond donors (Lipinski definition) is 5. The third-order valence-corrected chi connectivity index (χ3v) is 12.1. The zero-order valence-electron chi connectivity index (χ0n) is 37.2. The fraction of sp³-hybridized carbons (Fsp3) is 0.980. The Labute approximate surface area is 343 Å². The number of unbranched alkanes of at least 4 members (excludes halogenated alkanes) is 37. The topological polar surface area (TPSA) is 110 Å². The monoisotopic (exact) mass is 782 g/mol. The molecule has 0 aromatic heterocycles. The summed E-state index contributed by atoms with van der Waals surface area (Å²) in [7, 11) is 0. The van der Waals surface area contributed by atoms with Gasteiger partial charge in [0.05, 0.1) is 18.8 Å². The molecular weight excluding hydrogens is 683 g/mol. The number of rotatable bonds is 46. The zero-order chi connectivity index (χ0) is 40.3. The molecule has 0 radical (unpaired) electrons. The van der Waals surface area contributed by atoms with Crippen LogP contribution in [0.5, 0.6) is 0 Å². The van der Waals surface area contributed by atoms with Crippen LogP contribution >= 0.6 is 0 Å². The number of aliphatic hydroxyl groups is 4. The zero-order valence-corrected chi connectivity index (χ0v) is 37.2. The van der Waals surface area contributed by atoms with Gasteiger partial charge in [-0.1, -0.05) is 264 Å². The highest BCUT2D eigenvalue weighted by molar-refractivity contribution is 5.80.